The van der Waals surface area contributed by atoms with Crippen molar-refractivity contribution in [3.05, 3.63) is 88.9 Å². The number of phenols is 1. The van der Waals surface area contributed by atoms with Gasteiger partial charge in [-0.1, -0.05) is 48.5 Å². The van der Waals surface area contributed by atoms with Crippen LogP contribution < -0.4 is 0 Å². The van der Waals surface area contributed by atoms with Crippen LogP contribution in [0.4, 0.5) is 0 Å². The molecule has 1 N–H and O–H groups in total. The Morgan fingerprint density at radius 2 is 1.73 bits per heavy atom. The summed E-state index contributed by atoms with van der Waals surface area (Å²) in [6.07, 6.45) is 0.454. The molecule has 2 aromatic carbocycles. The second-order valence-electron chi connectivity index (χ2n) is 5.18. The summed E-state index contributed by atoms with van der Waals surface area (Å²) in [4.78, 5) is 12.5. The van der Waals surface area contributed by atoms with Crippen molar-refractivity contribution in [3.63, 3.8) is 0 Å². The molecular weight excluding hydrogens is 276 g/mol. The summed E-state index contributed by atoms with van der Waals surface area (Å²) >= 11 is 0. The van der Waals surface area contributed by atoms with E-state index in [1.807, 2.05) is 30.3 Å². The zero-order valence-corrected chi connectivity index (χ0v) is 12.2. The predicted molar refractivity (Wildman–Crippen MR) is 84.2 cm³/mol. The average Bonchev–Trinajstić information content (AvgIpc) is 2.90. The highest BCUT2D eigenvalue weighted by molar-refractivity contribution is 6.09. The van der Waals surface area contributed by atoms with E-state index in [4.69, 9.17) is 4.42 Å². The summed E-state index contributed by atoms with van der Waals surface area (Å²) in [6.45, 7) is 1.78. The van der Waals surface area contributed by atoms with Crippen LogP contribution in [0.2, 0.25) is 0 Å². The van der Waals surface area contributed by atoms with Gasteiger partial charge in [0.05, 0.1) is 5.56 Å². The van der Waals surface area contributed by atoms with E-state index >= 15 is 0 Å². The molecule has 0 radical (unpaired) electrons. The number of carbonyl (C=O) groups is 1. The molecular formula is C19H16O3. The largest absolute Gasteiger partial charge is 0.508 e. The van der Waals surface area contributed by atoms with Gasteiger partial charge in [-0.3, -0.25) is 4.79 Å². The maximum atomic E-state index is 12.5. The van der Waals surface area contributed by atoms with Crippen LogP contribution in [-0.2, 0) is 6.42 Å². The maximum Gasteiger partial charge on any atom is 0.196 e. The Morgan fingerprint density at radius 3 is 2.45 bits per heavy atom. The van der Waals surface area contributed by atoms with Crippen molar-refractivity contribution in [2.24, 2.45) is 0 Å². The van der Waals surface area contributed by atoms with Gasteiger partial charge >= 0.3 is 0 Å². The topological polar surface area (TPSA) is 50.4 Å². The number of aryl methyl sites for hydroxylation is 1. The smallest absolute Gasteiger partial charge is 0.196 e. The number of furan rings is 1. The Morgan fingerprint density at radius 1 is 1.05 bits per heavy atom. The van der Waals surface area contributed by atoms with E-state index in [1.165, 1.54) is 0 Å². The number of ketones is 1. The fourth-order valence-corrected chi connectivity index (χ4v) is 2.45. The number of hydrogen-bond acceptors (Lipinski definition) is 3. The fourth-order valence-electron chi connectivity index (χ4n) is 2.45. The van der Waals surface area contributed by atoms with Crippen LogP contribution >= 0.6 is 0 Å². The Labute approximate surface area is 128 Å². The molecule has 110 valence electrons. The summed E-state index contributed by atoms with van der Waals surface area (Å²) in [5, 5.41) is 9.83. The van der Waals surface area contributed by atoms with Crippen molar-refractivity contribution in [2.75, 3.05) is 0 Å². The second-order valence-corrected chi connectivity index (χ2v) is 5.18. The van der Waals surface area contributed by atoms with E-state index in [9.17, 15) is 9.90 Å². The van der Waals surface area contributed by atoms with Crippen LogP contribution in [-0.4, -0.2) is 10.9 Å². The molecule has 0 amide bonds. The number of carbonyl (C=O) groups excluding carboxylic acids is 1. The van der Waals surface area contributed by atoms with Crippen LogP contribution in [0.15, 0.2) is 65.1 Å². The maximum absolute atomic E-state index is 12.5. The van der Waals surface area contributed by atoms with E-state index in [0.717, 1.165) is 5.56 Å². The molecule has 0 atom stereocenters. The summed E-state index contributed by atoms with van der Waals surface area (Å²) in [5.41, 5.74) is 1.98. The first-order chi connectivity index (χ1) is 10.6. The third kappa shape index (κ3) is 2.79. The first-order valence-electron chi connectivity index (χ1n) is 7.11. The second kappa shape index (κ2) is 5.90. The zero-order chi connectivity index (χ0) is 15.5. The zero-order valence-electron chi connectivity index (χ0n) is 12.2. The normalized spacial score (nSPS) is 10.6. The lowest BCUT2D eigenvalue weighted by molar-refractivity contribution is 0.103. The van der Waals surface area contributed by atoms with Crippen molar-refractivity contribution < 1.29 is 14.3 Å². The molecule has 0 unspecified atom stereocenters. The molecule has 1 aromatic heterocycles. The summed E-state index contributed by atoms with van der Waals surface area (Å²) in [5.74, 6) is 1.44. The lowest BCUT2D eigenvalue weighted by atomic mass is 10.0. The average molecular weight is 292 g/mol. The molecule has 0 aliphatic carbocycles. The monoisotopic (exact) mass is 292 g/mol. The van der Waals surface area contributed by atoms with E-state index < -0.39 is 0 Å². The molecule has 0 fully saturated rings. The molecule has 22 heavy (non-hydrogen) atoms. The van der Waals surface area contributed by atoms with Gasteiger partial charge in [-0.05, 0) is 19.1 Å². The number of hydrogen-bond donors (Lipinski definition) is 1. The number of para-hydroxylation sites is 1. The molecule has 0 saturated carbocycles. The predicted octanol–water partition coefficient (Wildman–Crippen LogP) is 4.12. The van der Waals surface area contributed by atoms with Crippen molar-refractivity contribution >= 4 is 5.78 Å². The first-order valence-corrected chi connectivity index (χ1v) is 7.11. The summed E-state index contributed by atoms with van der Waals surface area (Å²) in [6, 6.07) is 18.0. The number of rotatable bonds is 4. The number of aromatic hydroxyl groups is 1. The van der Waals surface area contributed by atoms with E-state index in [1.54, 1.807) is 37.3 Å². The van der Waals surface area contributed by atoms with Crippen LogP contribution in [0.1, 0.15) is 33.0 Å². The molecule has 0 saturated heterocycles. The van der Waals surface area contributed by atoms with Crippen LogP contribution in [0.3, 0.4) is 0 Å². The van der Waals surface area contributed by atoms with Gasteiger partial charge in [0, 0.05) is 17.5 Å². The van der Waals surface area contributed by atoms with Crippen molar-refractivity contribution in [3.8, 4) is 5.75 Å². The molecule has 0 spiro atoms. The van der Waals surface area contributed by atoms with Crippen molar-refractivity contribution in [1.29, 1.82) is 0 Å². The molecule has 0 aliphatic rings. The standard InChI is InChI=1S/C19H16O3/c1-13-17(19(21)14-7-3-2-4-8-14)12-16(22-13)11-15-9-5-6-10-18(15)20/h2-10,12,20H,11H2,1H3. The minimum atomic E-state index is -0.0506. The number of benzene rings is 2. The Kier molecular flexibility index (Phi) is 3.79. The van der Waals surface area contributed by atoms with Gasteiger partial charge in [0.2, 0.25) is 0 Å². The van der Waals surface area contributed by atoms with Crippen LogP contribution in [0.25, 0.3) is 0 Å². The van der Waals surface area contributed by atoms with Gasteiger partial charge in [0.1, 0.15) is 17.3 Å². The summed E-state index contributed by atoms with van der Waals surface area (Å²) < 4.78 is 5.68. The fraction of sp³-hybridized carbons (Fsp3) is 0.105. The molecule has 0 aliphatic heterocycles. The molecule has 3 rings (SSSR count). The SMILES string of the molecule is Cc1oc(Cc2ccccc2O)cc1C(=O)c1ccccc1. The lowest BCUT2D eigenvalue weighted by Gasteiger charge is -2.00. The minimum Gasteiger partial charge on any atom is -0.508 e. The molecule has 3 heteroatoms. The molecule has 1 heterocycles. The van der Waals surface area contributed by atoms with Gasteiger partial charge in [-0.2, -0.15) is 0 Å². The molecule has 3 nitrogen and oxygen atoms in total. The Bertz CT molecular complexity index is 801. The Hall–Kier alpha value is -2.81. The highest BCUT2D eigenvalue weighted by Gasteiger charge is 2.17. The van der Waals surface area contributed by atoms with Gasteiger partial charge in [-0.15, -0.1) is 0 Å². The van der Waals surface area contributed by atoms with Gasteiger partial charge in [-0.25, -0.2) is 0 Å². The van der Waals surface area contributed by atoms with Crippen LogP contribution in [0.5, 0.6) is 5.75 Å². The first kappa shape index (κ1) is 14.1. The van der Waals surface area contributed by atoms with Crippen molar-refractivity contribution in [2.45, 2.75) is 13.3 Å². The summed E-state index contributed by atoms with van der Waals surface area (Å²) in [7, 11) is 0. The van der Waals surface area contributed by atoms with Gasteiger partial charge in [0.15, 0.2) is 5.78 Å². The lowest BCUT2D eigenvalue weighted by Crippen LogP contribution is -2.00. The Balaban J connectivity index is 1.88. The highest BCUT2D eigenvalue weighted by atomic mass is 16.3. The van der Waals surface area contributed by atoms with E-state index in [-0.39, 0.29) is 11.5 Å². The van der Waals surface area contributed by atoms with Gasteiger partial charge < -0.3 is 9.52 Å². The van der Waals surface area contributed by atoms with E-state index in [0.29, 0.717) is 29.1 Å². The van der Waals surface area contributed by atoms with Crippen molar-refractivity contribution in [1.82, 2.24) is 0 Å². The van der Waals surface area contributed by atoms with E-state index in [2.05, 4.69) is 0 Å². The number of phenolic OH excluding ortho intramolecular Hbond substituents is 1. The highest BCUT2D eigenvalue weighted by Crippen LogP contribution is 2.24. The quantitative estimate of drug-likeness (QED) is 0.736. The molecule has 3 aromatic rings. The van der Waals surface area contributed by atoms with Gasteiger partial charge in [0.25, 0.3) is 0 Å². The molecule has 0 bridgehead atoms. The van der Waals surface area contributed by atoms with Crippen LogP contribution in [0, 0.1) is 6.92 Å². The minimum absolute atomic E-state index is 0.0506. The third-order valence-corrected chi connectivity index (χ3v) is 3.61. The third-order valence-electron chi connectivity index (χ3n) is 3.61.